The van der Waals surface area contributed by atoms with E-state index in [0.29, 0.717) is 22.4 Å². The summed E-state index contributed by atoms with van der Waals surface area (Å²) in [5.41, 5.74) is 5.34. The third-order valence-corrected chi connectivity index (χ3v) is 7.44. The Balaban J connectivity index is 1.47. The number of benzene rings is 3. The van der Waals surface area contributed by atoms with E-state index in [-0.39, 0.29) is 5.91 Å². The first-order valence-corrected chi connectivity index (χ1v) is 13.5. The number of thioether (sulfide) groups is 1. The minimum atomic E-state index is -0.451. The summed E-state index contributed by atoms with van der Waals surface area (Å²) in [5, 5.41) is 11.8. The highest BCUT2D eigenvalue weighted by molar-refractivity contribution is 9.10. The molecule has 0 spiro atoms. The van der Waals surface area contributed by atoms with Crippen molar-refractivity contribution in [2.75, 3.05) is 17.7 Å². The number of hydrogen-bond donors (Lipinski definition) is 2. The van der Waals surface area contributed by atoms with Crippen LogP contribution in [0, 0.1) is 6.92 Å². The number of nitrogens with zero attached hydrogens (tertiary/aromatic N) is 3. The van der Waals surface area contributed by atoms with Crippen molar-refractivity contribution in [1.82, 2.24) is 14.8 Å². The maximum atomic E-state index is 13.6. The average Bonchev–Trinajstić information content (AvgIpc) is 3.29. The fraction of sp³-hybridized carbons (Fsp3) is 0.179. The van der Waals surface area contributed by atoms with Gasteiger partial charge in [0.1, 0.15) is 11.8 Å². The second-order valence-electron chi connectivity index (χ2n) is 8.74. The van der Waals surface area contributed by atoms with Crippen LogP contribution in [0.4, 0.5) is 11.6 Å². The molecule has 0 fully saturated rings. The molecule has 1 aromatic heterocycles. The molecule has 0 aliphatic carbocycles. The van der Waals surface area contributed by atoms with Crippen molar-refractivity contribution in [2.24, 2.45) is 0 Å². The van der Waals surface area contributed by atoms with E-state index in [4.69, 9.17) is 14.8 Å². The Morgan fingerprint density at radius 1 is 1.11 bits per heavy atom. The van der Waals surface area contributed by atoms with Crippen molar-refractivity contribution >= 4 is 45.2 Å². The van der Waals surface area contributed by atoms with Crippen LogP contribution >= 0.6 is 27.7 Å². The summed E-state index contributed by atoms with van der Waals surface area (Å²) in [5.74, 6) is 1.87. The molecule has 1 unspecified atom stereocenters. The fourth-order valence-electron chi connectivity index (χ4n) is 4.29. The number of methoxy groups -OCH3 is 1. The Bertz CT molecular complexity index is 1480. The Hall–Kier alpha value is -3.56. The summed E-state index contributed by atoms with van der Waals surface area (Å²) >= 11 is 5.15. The fourth-order valence-corrected chi connectivity index (χ4v) is 5.48. The van der Waals surface area contributed by atoms with Gasteiger partial charge in [-0.25, -0.2) is 4.68 Å². The third kappa shape index (κ3) is 5.57. The first kappa shape index (κ1) is 25.1. The second kappa shape index (κ2) is 10.8. The predicted molar refractivity (Wildman–Crippen MR) is 151 cm³/mol. The molecule has 188 valence electrons. The van der Waals surface area contributed by atoms with Gasteiger partial charge < -0.3 is 15.4 Å². The normalized spacial score (nSPS) is 14.6. The highest BCUT2D eigenvalue weighted by atomic mass is 79.9. The summed E-state index contributed by atoms with van der Waals surface area (Å²) < 4.78 is 7.96. The molecule has 9 heteroatoms. The van der Waals surface area contributed by atoms with E-state index in [0.717, 1.165) is 27.2 Å². The van der Waals surface area contributed by atoms with Gasteiger partial charge in [-0.15, -0.1) is 5.10 Å². The van der Waals surface area contributed by atoms with E-state index in [1.165, 1.54) is 11.1 Å². The molecule has 1 aliphatic heterocycles. The van der Waals surface area contributed by atoms with Crippen molar-refractivity contribution in [2.45, 2.75) is 30.8 Å². The number of halogens is 1. The number of hydrogen-bond acceptors (Lipinski definition) is 6. The molecule has 7 nitrogen and oxygen atoms in total. The van der Waals surface area contributed by atoms with Crippen LogP contribution in [0.3, 0.4) is 0 Å². The molecule has 1 aliphatic rings. The Kier molecular flexibility index (Phi) is 7.34. The van der Waals surface area contributed by atoms with Gasteiger partial charge in [0.15, 0.2) is 0 Å². The lowest BCUT2D eigenvalue weighted by atomic mass is 9.95. The van der Waals surface area contributed by atoms with E-state index in [1.807, 2.05) is 55.5 Å². The van der Waals surface area contributed by atoms with E-state index in [2.05, 4.69) is 57.8 Å². The SMILES string of the molecule is COc1ccc(NC(=O)C2=C(C)Nc3nc(SCc4cccc(C)c4)nn3C2c2cccc(Br)c2)cc1. The maximum absolute atomic E-state index is 13.6. The zero-order valence-corrected chi connectivity index (χ0v) is 23.1. The predicted octanol–water partition coefficient (Wildman–Crippen LogP) is 6.58. The van der Waals surface area contributed by atoms with Crippen LogP contribution in [0.5, 0.6) is 5.75 Å². The van der Waals surface area contributed by atoms with Gasteiger partial charge in [-0.1, -0.05) is 69.7 Å². The molecular formula is C28H26BrN5O2S. The summed E-state index contributed by atoms with van der Waals surface area (Å²) in [7, 11) is 1.61. The first-order valence-electron chi connectivity index (χ1n) is 11.7. The molecule has 1 amide bonds. The minimum absolute atomic E-state index is 0.213. The standard InChI is InChI=1S/C28H26BrN5O2S/c1-17-6-4-7-19(14-17)16-37-28-32-27-30-18(2)24(26(35)31-22-10-12-23(36-3)13-11-22)25(34(27)33-28)20-8-5-9-21(29)15-20/h4-15,25H,16H2,1-3H3,(H,31,35)(H,30,32,33). The zero-order valence-electron chi connectivity index (χ0n) is 20.7. The molecule has 0 bridgehead atoms. The van der Waals surface area contributed by atoms with Crippen LogP contribution in [0.2, 0.25) is 0 Å². The molecule has 5 rings (SSSR count). The number of aromatic nitrogens is 3. The average molecular weight is 577 g/mol. The molecular weight excluding hydrogens is 550 g/mol. The lowest BCUT2D eigenvalue weighted by molar-refractivity contribution is -0.113. The van der Waals surface area contributed by atoms with Crippen LogP contribution < -0.4 is 15.4 Å². The summed E-state index contributed by atoms with van der Waals surface area (Å²) in [4.78, 5) is 18.4. The number of carbonyl (C=O) groups excluding carboxylic acids is 1. The van der Waals surface area contributed by atoms with Gasteiger partial charge in [0.05, 0.1) is 12.7 Å². The Morgan fingerprint density at radius 3 is 2.62 bits per heavy atom. The molecule has 2 heterocycles. The van der Waals surface area contributed by atoms with Gasteiger partial charge in [0, 0.05) is 21.6 Å². The van der Waals surface area contributed by atoms with Gasteiger partial charge in [0.2, 0.25) is 11.1 Å². The van der Waals surface area contributed by atoms with Crippen molar-refractivity contribution < 1.29 is 9.53 Å². The molecule has 1 atom stereocenters. The van der Waals surface area contributed by atoms with Gasteiger partial charge in [0.25, 0.3) is 5.91 Å². The van der Waals surface area contributed by atoms with Gasteiger partial charge >= 0.3 is 0 Å². The topological polar surface area (TPSA) is 81.1 Å². The quantitative estimate of drug-likeness (QED) is 0.242. The van der Waals surface area contributed by atoms with Gasteiger partial charge in [-0.3, -0.25) is 4.79 Å². The number of anilines is 2. The van der Waals surface area contributed by atoms with E-state index in [1.54, 1.807) is 23.6 Å². The monoisotopic (exact) mass is 575 g/mol. The van der Waals surface area contributed by atoms with Crippen molar-refractivity contribution in [3.05, 3.63) is 105 Å². The third-order valence-electron chi connectivity index (χ3n) is 6.04. The number of amides is 1. The van der Waals surface area contributed by atoms with Gasteiger partial charge in [-0.2, -0.15) is 4.98 Å². The van der Waals surface area contributed by atoms with Crippen molar-refractivity contribution in [3.8, 4) is 5.75 Å². The highest BCUT2D eigenvalue weighted by Crippen LogP contribution is 2.37. The van der Waals surface area contributed by atoms with Crippen LogP contribution in [-0.2, 0) is 10.5 Å². The summed E-state index contributed by atoms with van der Waals surface area (Å²) in [6.07, 6.45) is 0. The number of ether oxygens (including phenoxy) is 1. The van der Waals surface area contributed by atoms with Crippen LogP contribution in [-0.4, -0.2) is 27.8 Å². The molecule has 4 aromatic rings. The molecule has 37 heavy (non-hydrogen) atoms. The van der Waals surface area contributed by atoms with E-state index in [9.17, 15) is 4.79 Å². The van der Waals surface area contributed by atoms with Gasteiger partial charge in [-0.05, 0) is 61.4 Å². The second-order valence-corrected chi connectivity index (χ2v) is 10.6. The number of fused-ring (bicyclic) bond motifs is 1. The molecule has 2 N–H and O–H groups in total. The van der Waals surface area contributed by atoms with Crippen molar-refractivity contribution in [1.29, 1.82) is 0 Å². The largest absolute Gasteiger partial charge is 0.497 e. The smallest absolute Gasteiger partial charge is 0.255 e. The maximum Gasteiger partial charge on any atom is 0.255 e. The van der Waals surface area contributed by atoms with Crippen LogP contribution in [0.1, 0.15) is 29.7 Å². The minimum Gasteiger partial charge on any atom is -0.497 e. The lowest BCUT2D eigenvalue weighted by Gasteiger charge is -2.28. The number of rotatable bonds is 7. The summed E-state index contributed by atoms with van der Waals surface area (Å²) in [6, 6.07) is 23.2. The Morgan fingerprint density at radius 2 is 1.89 bits per heavy atom. The van der Waals surface area contributed by atoms with Crippen molar-refractivity contribution in [3.63, 3.8) is 0 Å². The number of carbonyl (C=O) groups is 1. The molecule has 0 radical (unpaired) electrons. The molecule has 0 saturated carbocycles. The lowest BCUT2D eigenvalue weighted by Crippen LogP contribution is -2.31. The Labute approximate surface area is 228 Å². The molecule has 3 aromatic carbocycles. The number of aryl methyl sites for hydroxylation is 1. The van der Waals surface area contributed by atoms with Crippen LogP contribution in [0.15, 0.2) is 93.7 Å². The van der Waals surface area contributed by atoms with E-state index >= 15 is 0 Å². The molecule has 0 saturated heterocycles. The number of nitrogens with one attached hydrogen (secondary N) is 2. The first-order chi connectivity index (χ1) is 17.9. The van der Waals surface area contributed by atoms with Crippen LogP contribution in [0.25, 0.3) is 0 Å². The summed E-state index contributed by atoms with van der Waals surface area (Å²) in [6.45, 7) is 3.98. The highest BCUT2D eigenvalue weighted by Gasteiger charge is 2.34. The zero-order chi connectivity index (χ0) is 25.9. The van der Waals surface area contributed by atoms with E-state index < -0.39 is 6.04 Å². The number of allylic oxidation sites excluding steroid dienone is 1.